The number of amides is 3. The summed E-state index contributed by atoms with van der Waals surface area (Å²) in [6, 6.07) is 22.6. The van der Waals surface area contributed by atoms with E-state index in [4.69, 9.17) is 14.5 Å². The molecule has 2 saturated carbocycles. The molecule has 1 aromatic heterocycles. The Morgan fingerprint density at radius 2 is 1.74 bits per heavy atom. The molecule has 12 nitrogen and oxygen atoms in total. The number of carbonyl (C=O) groups is 3. The molecule has 2 aliphatic rings. The van der Waals surface area contributed by atoms with Crippen molar-refractivity contribution in [2.75, 3.05) is 19.5 Å². The summed E-state index contributed by atoms with van der Waals surface area (Å²) < 4.78 is 40.8. The Morgan fingerprint density at radius 1 is 1.00 bits per heavy atom. The van der Waals surface area contributed by atoms with Gasteiger partial charge in [0.15, 0.2) is 0 Å². The van der Waals surface area contributed by atoms with Crippen LogP contribution in [0.15, 0.2) is 96.4 Å². The lowest BCUT2D eigenvalue weighted by molar-refractivity contribution is -0.132. The van der Waals surface area contributed by atoms with Crippen molar-refractivity contribution in [1.82, 2.24) is 20.3 Å². The van der Waals surface area contributed by atoms with E-state index in [0.717, 1.165) is 10.9 Å². The van der Waals surface area contributed by atoms with Crippen molar-refractivity contribution in [3.8, 4) is 22.8 Å². The average Bonchev–Trinajstić information content (AvgIpc) is 3.70. The summed E-state index contributed by atoms with van der Waals surface area (Å²) in [6.07, 6.45) is 1.74. The number of para-hydroxylation sites is 1. The Balaban J connectivity index is 1.25. The van der Waals surface area contributed by atoms with Crippen LogP contribution in [0.4, 0.5) is 5.69 Å². The number of carbonyl (C=O) groups excluding carboxylic acids is 3. The van der Waals surface area contributed by atoms with Gasteiger partial charge in [0.2, 0.25) is 11.8 Å². The predicted octanol–water partition coefficient (Wildman–Crippen LogP) is 4.18. The van der Waals surface area contributed by atoms with Gasteiger partial charge in [0.1, 0.15) is 28.0 Å². The summed E-state index contributed by atoms with van der Waals surface area (Å²) in [5.41, 5.74) is 1.04. The summed E-state index contributed by atoms with van der Waals surface area (Å²) in [5, 5.41) is 9.28. The summed E-state index contributed by atoms with van der Waals surface area (Å²) in [6.45, 7) is 5.16. The number of ether oxygens (including phenoxy) is 2. The van der Waals surface area contributed by atoms with E-state index in [-0.39, 0.29) is 23.6 Å². The fourth-order valence-corrected chi connectivity index (χ4v) is 7.91. The maximum absolute atomic E-state index is 14.0. The number of rotatable bonds is 12. The third-order valence-corrected chi connectivity index (χ3v) is 10.7. The fraction of sp³-hybridized carbons (Fsp3) is 0.297. The normalized spacial score (nSPS) is 22.6. The maximum atomic E-state index is 14.0. The molecule has 260 valence electrons. The van der Waals surface area contributed by atoms with Crippen molar-refractivity contribution in [1.29, 1.82) is 0 Å². The minimum absolute atomic E-state index is 0.105. The Hall–Kier alpha value is -5.43. The van der Waals surface area contributed by atoms with E-state index in [1.54, 1.807) is 32.4 Å². The molecule has 0 unspecified atom stereocenters. The lowest BCUT2D eigenvalue weighted by Crippen LogP contribution is -2.54. The average molecular weight is 698 g/mol. The number of pyridine rings is 1. The van der Waals surface area contributed by atoms with Crippen LogP contribution in [0.3, 0.4) is 0 Å². The van der Waals surface area contributed by atoms with Gasteiger partial charge in [-0.05, 0) is 37.1 Å². The van der Waals surface area contributed by atoms with Gasteiger partial charge in [-0.1, -0.05) is 48.5 Å². The number of hydrogen-bond donors (Lipinski definition) is 4. The highest BCUT2D eigenvalue weighted by molar-refractivity contribution is 7.90. The first-order valence-electron chi connectivity index (χ1n) is 16.2. The minimum atomic E-state index is -4.29. The van der Waals surface area contributed by atoms with E-state index in [2.05, 4.69) is 27.3 Å². The van der Waals surface area contributed by atoms with Gasteiger partial charge in [-0.25, -0.2) is 18.1 Å². The SMILES string of the molecule is C=C[C@@H]1C[C@]1(NC(=O)[C@@H]1C[C@@H](Oc2cc(-c3ccccc3)nc3cc(OC)ccc23)C[C@@H]1NC(C)=O)C(=O)NS(=O)(=O)c1ccccc1NC. The van der Waals surface area contributed by atoms with Crippen molar-refractivity contribution < 1.29 is 32.3 Å². The molecule has 0 bridgehead atoms. The number of anilines is 1. The molecule has 6 rings (SSSR count). The first-order valence-corrected chi connectivity index (χ1v) is 17.7. The van der Waals surface area contributed by atoms with E-state index < -0.39 is 51.4 Å². The zero-order valence-corrected chi connectivity index (χ0v) is 28.8. The van der Waals surface area contributed by atoms with Gasteiger partial charge in [0, 0.05) is 55.4 Å². The second kappa shape index (κ2) is 13.8. The molecule has 1 heterocycles. The Kier molecular flexibility index (Phi) is 9.52. The van der Waals surface area contributed by atoms with Crippen molar-refractivity contribution in [2.45, 2.75) is 48.8 Å². The summed E-state index contributed by atoms with van der Waals surface area (Å²) in [5.74, 6) is -1.76. The number of methoxy groups -OCH3 is 1. The summed E-state index contributed by atoms with van der Waals surface area (Å²) in [4.78, 5) is 44.6. The molecule has 0 aliphatic heterocycles. The molecule has 4 N–H and O–H groups in total. The topological polar surface area (TPSA) is 165 Å². The number of nitrogens with zero attached hydrogens (tertiary/aromatic N) is 1. The number of benzene rings is 3. The monoisotopic (exact) mass is 697 g/mol. The third kappa shape index (κ3) is 6.86. The van der Waals surface area contributed by atoms with Gasteiger partial charge >= 0.3 is 0 Å². The molecule has 0 radical (unpaired) electrons. The number of fused-ring (bicyclic) bond motifs is 1. The first kappa shape index (κ1) is 34.4. The number of sulfonamides is 1. The maximum Gasteiger partial charge on any atom is 0.266 e. The third-order valence-electron chi connectivity index (χ3n) is 9.31. The van der Waals surface area contributed by atoms with E-state index in [1.807, 2.05) is 54.6 Å². The molecule has 3 aromatic carbocycles. The van der Waals surface area contributed by atoms with Gasteiger partial charge in [-0.15, -0.1) is 6.58 Å². The standard InChI is InChI=1S/C37H39N5O7S/c1-5-24-21-37(24,36(45)42-50(46,47)34-14-10-9-13-29(34)38-3)41-35(44)28-17-26(19-32(28)39-22(2)43)49-33-20-30(23-11-7-6-8-12-23)40-31-18-25(48-4)15-16-27(31)33/h5-16,18,20,24,26,28,32,38H,1,17,19,21H2,2-4H3,(H,39,43)(H,41,44)(H,42,45)/t24-,26-,28-,32+,37-/m1/s1. The first-order chi connectivity index (χ1) is 24.0. The minimum Gasteiger partial charge on any atom is -0.497 e. The molecule has 50 heavy (non-hydrogen) atoms. The number of aromatic nitrogens is 1. The molecule has 4 aromatic rings. The van der Waals surface area contributed by atoms with Crippen LogP contribution >= 0.6 is 0 Å². The van der Waals surface area contributed by atoms with Crippen LogP contribution in [0, 0.1) is 11.8 Å². The van der Waals surface area contributed by atoms with E-state index >= 15 is 0 Å². The van der Waals surface area contributed by atoms with E-state index in [1.165, 1.54) is 19.1 Å². The highest BCUT2D eigenvalue weighted by Crippen LogP contribution is 2.46. The molecule has 0 saturated heterocycles. The molecule has 2 fully saturated rings. The van der Waals surface area contributed by atoms with Crippen molar-refractivity contribution in [2.24, 2.45) is 11.8 Å². The zero-order valence-electron chi connectivity index (χ0n) is 27.9. The highest BCUT2D eigenvalue weighted by atomic mass is 32.2. The Bertz CT molecular complexity index is 2070. The molecule has 0 spiro atoms. The Morgan fingerprint density at radius 3 is 2.42 bits per heavy atom. The lowest BCUT2D eigenvalue weighted by Gasteiger charge is -2.24. The van der Waals surface area contributed by atoms with Crippen molar-refractivity contribution in [3.63, 3.8) is 0 Å². The lowest BCUT2D eigenvalue weighted by atomic mass is 10.0. The van der Waals surface area contributed by atoms with E-state index in [9.17, 15) is 22.8 Å². The van der Waals surface area contributed by atoms with Gasteiger partial charge in [-0.2, -0.15) is 0 Å². The van der Waals surface area contributed by atoms with Gasteiger partial charge < -0.3 is 25.4 Å². The van der Waals surface area contributed by atoms with Crippen LogP contribution in [0.5, 0.6) is 11.5 Å². The van der Waals surface area contributed by atoms with Crippen LogP contribution in [0.1, 0.15) is 26.2 Å². The van der Waals surface area contributed by atoms with Gasteiger partial charge in [-0.3, -0.25) is 14.4 Å². The van der Waals surface area contributed by atoms with Crippen LogP contribution < -0.4 is 30.1 Å². The Labute approximate surface area is 290 Å². The zero-order chi connectivity index (χ0) is 35.6. The van der Waals surface area contributed by atoms with E-state index in [0.29, 0.717) is 34.8 Å². The van der Waals surface area contributed by atoms with Crippen LogP contribution in [0.25, 0.3) is 22.2 Å². The van der Waals surface area contributed by atoms with Crippen LogP contribution in [-0.4, -0.2) is 63.0 Å². The number of nitrogens with one attached hydrogen (secondary N) is 4. The molecule has 3 amide bonds. The number of hydrogen-bond acceptors (Lipinski definition) is 9. The van der Waals surface area contributed by atoms with Crippen LogP contribution in [0.2, 0.25) is 0 Å². The molecule has 13 heteroatoms. The second-order valence-electron chi connectivity index (χ2n) is 12.6. The smallest absolute Gasteiger partial charge is 0.266 e. The van der Waals surface area contributed by atoms with Gasteiger partial charge in [0.25, 0.3) is 15.9 Å². The predicted molar refractivity (Wildman–Crippen MR) is 189 cm³/mol. The molecule has 5 atom stereocenters. The van der Waals surface area contributed by atoms with Crippen molar-refractivity contribution in [3.05, 3.63) is 91.5 Å². The highest BCUT2D eigenvalue weighted by Gasteiger charge is 2.61. The molecular weight excluding hydrogens is 659 g/mol. The largest absolute Gasteiger partial charge is 0.497 e. The van der Waals surface area contributed by atoms with Crippen molar-refractivity contribution >= 4 is 44.3 Å². The molecular formula is C37H39N5O7S. The summed E-state index contributed by atoms with van der Waals surface area (Å²) >= 11 is 0. The molecule has 2 aliphatic carbocycles. The summed E-state index contributed by atoms with van der Waals surface area (Å²) in [7, 11) is -1.13. The second-order valence-corrected chi connectivity index (χ2v) is 14.2. The quantitative estimate of drug-likeness (QED) is 0.159. The fourth-order valence-electron chi connectivity index (χ4n) is 6.66. The van der Waals surface area contributed by atoms with Gasteiger partial charge in [0.05, 0.1) is 29.9 Å². The van der Waals surface area contributed by atoms with Crippen LogP contribution in [-0.2, 0) is 24.4 Å².